The van der Waals surface area contributed by atoms with Crippen LogP contribution in [0.3, 0.4) is 0 Å². The van der Waals surface area contributed by atoms with Crippen LogP contribution >= 0.6 is 11.6 Å². The van der Waals surface area contributed by atoms with Crippen LogP contribution < -0.4 is 4.90 Å². The molecule has 5 heteroatoms. The summed E-state index contributed by atoms with van der Waals surface area (Å²) in [6.07, 6.45) is 1.68. The van der Waals surface area contributed by atoms with Gasteiger partial charge in [0.2, 0.25) is 5.28 Å². The van der Waals surface area contributed by atoms with Crippen LogP contribution in [0.25, 0.3) is 0 Å². The molecule has 3 heterocycles. The Morgan fingerprint density at radius 2 is 2.00 bits per heavy atom. The molecule has 0 aliphatic carbocycles. The van der Waals surface area contributed by atoms with Crippen molar-refractivity contribution < 1.29 is 0 Å². The second-order valence-electron chi connectivity index (χ2n) is 5.47. The molecule has 0 fully saturated rings. The predicted molar refractivity (Wildman–Crippen MR) is 76.0 cm³/mol. The monoisotopic (exact) mass is 274 g/mol. The summed E-state index contributed by atoms with van der Waals surface area (Å²) >= 11 is 5.88. The van der Waals surface area contributed by atoms with E-state index in [0.29, 0.717) is 0 Å². The number of pyridine rings is 1. The number of halogens is 1. The molecule has 0 N–H and O–H groups in total. The smallest absolute Gasteiger partial charge is 0.224 e. The molecule has 1 aliphatic heterocycles. The van der Waals surface area contributed by atoms with E-state index in [1.54, 1.807) is 6.20 Å². The highest BCUT2D eigenvalue weighted by Gasteiger charge is 2.37. The minimum Gasteiger partial charge on any atom is -0.324 e. The first-order chi connectivity index (χ1) is 8.97. The Balaban J connectivity index is 2.13. The van der Waals surface area contributed by atoms with E-state index < -0.39 is 0 Å². The van der Waals surface area contributed by atoms with Crippen molar-refractivity contribution in [1.29, 1.82) is 0 Å². The number of aromatic nitrogens is 3. The third-order valence-corrected chi connectivity index (χ3v) is 3.57. The van der Waals surface area contributed by atoms with Gasteiger partial charge in [-0.3, -0.25) is 4.98 Å². The van der Waals surface area contributed by atoms with Gasteiger partial charge < -0.3 is 4.90 Å². The Morgan fingerprint density at radius 1 is 1.21 bits per heavy atom. The van der Waals surface area contributed by atoms with E-state index in [2.05, 4.69) is 39.8 Å². The van der Waals surface area contributed by atoms with Gasteiger partial charge in [0.05, 0.1) is 11.4 Å². The molecular formula is C14H15ClN4. The van der Waals surface area contributed by atoms with E-state index in [4.69, 9.17) is 11.6 Å². The van der Waals surface area contributed by atoms with Gasteiger partial charge in [0.25, 0.3) is 0 Å². The van der Waals surface area contributed by atoms with Crippen LogP contribution in [0.1, 0.15) is 25.2 Å². The lowest BCUT2D eigenvalue weighted by molar-refractivity contribution is 0.551. The molecule has 19 heavy (non-hydrogen) atoms. The minimum absolute atomic E-state index is 0.00121. The van der Waals surface area contributed by atoms with Crippen LogP contribution in [0.15, 0.2) is 24.4 Å². The fraction of sp³-hybridized carbons (Fsp3) is 0.357. The molecule has 0 saturated carbocycles. The van der Waals surface area contributed by atoms with Crippen molar-refractivity contribution in [1.82, 2.24) is 15.0 Å². The van der Waals surface area contributed by atoms with Crippen LogP contribution in [0.5, 0.6) is 0 Å². The van der Waals surface area contributed by atoms with E-state index in [9.17, 15) is 0 Å². The number of anilines is 2. The molecule has 0 bridgehead atoms. The Hall–Kier alpha value is -1.68. The third-order valence-electron chi connectivity index (χ3n) is 3.39. The van der Waals surface area contributed by atoms with Crippen molar-refractivity contribution in [2.75, 3.05) is 11.4 Å². The van der Waals surface area contributed by atoms with Crippen LogP contribution in [-0.2, 0) is 5.41 Å². The molecule has 0 aromatic carbocycles. The molecule has 1 aliphatic rings. The zero-order valence-electron chi connectivity index (χ0n) is 11.2. The second-order valence-corrected chi connectivity index (χ2v) is 5.81. The molecule has 0 radical (unpaired) electrons. The average molecular weight is 275 g/mol. The number of rotatable bonds is 1. The Labute approximate surface area is 117 Å². The highest BCUT2D eigenvalue weighted by atomic mass is 35.5. The third kappa shape index (κ3) is 2.06. The van der Waals surface area contributed by atoms with Gasteiger partial charge in [-0.15, -0.1) is 0 Å². The maximum atomic E-state index is 5.88. The molecule has 3 rings (SSSR count). The van der Waals surface area contributed by atoms with E-state index >= 15 is 0 Å². The molecule has 0 spiro atoms. The van der Waals surface area contributed by atoms with Gasteiger partial charge in [-0.05, 0) is 36.7 Å². The Kier molecular flexibility index (Phi) is 2.71. The highest BCUT2D eigenvalue weighted by Crippen LogP contribution is 2.42. The minimum atomic E-state index is -0.00121. The summed E-state index contributed by atoms with van der Waals surface area (Å²) in [5.74, 6) is 0.817. The summed E-state index contributed by atoms with van der Waals surface area (Å²) in [6, 6.07) is 6.00. The van der Waals surface area contributed by atoms with Crippen molar-refractivity contribution in [2.45, 2.75) is 26.2 Å². The van der Waals surface area contributed by atoms with Gasteiger partial charge in [-0.25, -0.2) is 9.97 Å². The van der Waals surface area contributed by atoms with Crippen molar-refractivity contribution in [3.05, 3.63) is 41.1 Å². The lowest BCUT2D eigenvalue weighted by atomic mass is 9.91. The van der Waals surface area contributed by atoms with Crippen LogP contribution in [0.4, 0.5) is 11.5 Å². The van der Waals surface area contributed by atoms with Crippen molar-refractivity contribution in [2.24, 2.45) is 0 Å². The van der Waals surface area contributed by atoms with Crippen molar-refractivity contribution in [3.63, 3.8) is 0 Å². The topological polar surface area (TPSA) is 41.9 Å². The number of aryl methyl sites for hydroxylation is 1. The van der Waals surface area contributed by atoms with Crippen molar-refractivity contribution in [3.8, 4) is 0 Å². The van der Waals surface area contributed by atoms with Gasteiger partial charge >= 0.3 is 0 Å². The van der Waals surface area contributed by atoms with Gasteiger partial charge in [0, 0.05) is 23.9 Å². The van der Waals surface area contributed by atoms with Gasteiger partial charge in [0.15, 0.2) is 0 Å². The van der Waals surface area contributed by atoms with E-state index in [0.717, 1.165) is 29.4 Å². The number of nitrogens with zero attached hydrogens (tertiary/aromatic N) is 4. The molecule has 4 nitrogen and oxygen atoms in total. The predicted octanol–water partition coefficient (Wildman–Crippen LogP) is 3.26. The maximum Gasteiger partial charge on any atom is 0.224 e. The fourth-order valence-electron chi connectivity index (χ4n) is 2.50. The van der Waals surface area contributed by atoms with E-state index in [1.807, 2.05) is 19.1 Å². The van der Waals surface area contributed by atoms with Gasteiger partial charge in [-0.1, -0.05) is 13.8 Å². The lowest BCUT2D eigenvalue weighted by Crippen LogP contribution is -2.26. The van der Waals surface area contributed by atoms with Gasteiger partial charge in [0.1, 0.15) is 5.82 Å². The van der Waals surface area contributed by atoms with E-state index in [1.165, 1.54) is 0 Å². The SMILES string of the molecule is Cc1ccc2c(n1)C(C)(C)CN2c1ccnc(Cl)n1. The summed E-state index contributed by atoms with van der Waals surface area (Å²) < 4.78 is 0. The molecule has 2 aromatic rings. The first kappa shape index (κ1) is 12.4. The molecule has 98 valence electrons. The fourth-order valence-corrected chi connectivity index (χ4v) is 2.64. The summed E-state index contributed by atoms with van der Waals surface area (Å²) in [4.78, 5) is 15.1. The summed E-state index contributed by atoms with van der Waals surface area (Å²) in [6.45, 7) is 7.24. The Bertz CT molecular complexity index is 639. The molecule has 0 saturated heterocycles. The standard InChI is InChI=1S/C14H15ClN4/c1-9-4-5-10-12(17-9)14(2,3)8-19(10)11-6-7-16-13(15)18-11/h4-7H,8H2,1-3H3. The summed E-state index contributed by atoms with van der Waals surface area (Å²) in [5.41, 5.74) is 3.25. The zero-order valence-corrected chi connectivity index (χ0v) is 11.9. The quantitative estimate of drug-likeness (QED) is 0.749. The number of hydrogen-bond donors (Lipinski definition) is 0. The zero-order chi connectivity index (χ0) is 13.6. The molecule has 2 aromatic heterocycles. The number of hydrogen-bond acceptors (Lipinski definition) is 4. The molecular weight excluding hydrogens is 260 g/mol. The average Bonchev–Trinajstić information content (AvgIpc) is 2.61. The molecule has 0 atom stereocenters. The normalized spacial score (nSPS) is 16.5. The summed E-state index contributed by atoms with van der Waals surface area (Å²) in [7, 11) is 0. The highest BCUT2D eigenvalue weighted by molar-refractivity contribution is 6.28. The molecule has 0 unspecified atom stereocenters. The van der Waals surface area contributed by atoms with E-state index in [-0.39, 0.29) is 10.7 Å². The first-order valence-electron chi connectivity index (χ1n) is 6.21. The lowest BCUT2D eigenvalue weighted by Gasteiger charge is -2.20. The van der Waals surface area contributed by atoms with Crippen LogP contribution in [0, 0.1) is 6.92 Å². The van der Waals surface area contributed by atoms with Crippen molar-refractivity contribution >= 4 is 23.1 Å². The summed E-state index contributed by atoms with van der Waals surface area (Å²) in [5, 5.41) is 0.267. The maximum absolute atomic E-state index is 5.88. The molecule has 0 amide bonds. The van der Waals surface area contributed by atoms with Gasteiger partial charge in [-0.2, -0.15) is 0 Å². The largest absolute Gasteiger partial charge is 0.324 e. The first-order valence-corrected chi connectivity index (χ1v) is 6.59. The Morgan fingerprint density at radius 3 is 2.74 bits per heavy atom. The van der Waals surface area contributed by atoms with Crippen LogP contribution in [0.2, 0.25) is 5.28 Å². The van der Waals surface area contributed by atoms with Crippen LogP contribution in [-0.4, -0.2) is 21.5 Å². The second kappa shape index (κ2) is 4.17. The number of fused-ring (bicyclic) bond motifs is 1.